The normalized spacial score (nSPS) is 14.3. The molecule has 0 aromatic carbocycles. The molecule has 0 aliphatic rings. The Labute approximate surface area is 126 Å². The van der Waals surface area contributed by atoms with Gasteiger partial charge in [0.2, 0.25) is 0 Å². The van der Waals surface area contributed by atoms with E-state index in [9.17, 15) is 0 Å². The topological polar surface area (TPSA) is 52.0 Å². The minimum Gasteiger partial charge on any atom is -0.465 e. The van der Waals surface area contributed by atoms with Crippen LogP contribution in [0.3, 0.4) is 0 Å². The minimum atomic E-state index is 0.0426. The van der Waals surface area contributed by atoms with Crippen LogP contribution < -0.4 is 5.73 Å². The quantitative estimate of drug-likeness (QED) is 0.823. The molecule has 3 nitrogen and oxygen atoms in total. The lowest BCUT2D eigenvalue weighted by atomic mass is 10.1. The second-order valence-electron chi connectivity index (χ2n) is 4.37. The molecule has 0 radical (unpaired) electrons. The molecule has 0 amide bonds. The maximum absolute atomic E-state index is 6.22. The average molecular weight is 341 g/mol. The molecule has 0 saturated carbocycles. The molecule has 19 heavy (non-hydrogen) atoms. The van der Waals surface area contributed by atoms with Crippen molar-refractivity contribution in [2.45, 2.75) is 36.6 Å². The molecule has 2 rings (SSSR count). The summed E-state index contributed by atoms with van der Waals surface area (Å²) in [5.74, 6) is 1.83. The fraction of sp³-hybridized carbons (Fsp3) is 0.357. The summed E-state index contributed by atoms with van der Waals surface area (Å²) in [7, 11) is 0. The second kappa shape index (κ2) is 6.59. The van der Waals surface area contributed by atoms with Crippen LogP contribution in [0.2, 0.25) is 0 Å². The Hall–Kier alpha value is -0.780. The van der Waals surface area contributed by atoms with Crippen molar-refractivity contribution >= 4 is 27.7 Å². The van der Waals surface area contributed by atoms with Crippen LogP contribution in [0.4, 0.5) is 0 Å². The number of nitrogens with two attached hydrogens (primary N) is 1. The minimum absolute atomic E-state index is 0.0426. The number of aryl methyl sites for hydroxylation is 1. The van der Waals surface area contributed by atoms with Crippen LogP contribution >= 0.6 is 27.7 Å². The summed E-state index contributed by atoms with van der Waals surface area (Å²) in [5.41, 5.74) is 6.22. The summed E-state index contributed by atoms with van der Waals surface area (Å²) >= 11 is 5.03. The highest BCUT2D eigenvalue weighted by atomic mass is 79.9. The predicted octanol–water partition coefficient (Wildman–Crippen LogP) is 4.32. The molecule has 2 atom stereocenters. The number of furan rings is 1. The lowest BCUT2D eigenvalue weighted by molar-refractivity contribution is 0.454. The number of hydrogen-bond acceptors (Lipinski definition) is 4. The number of aromatic nitrogens is 1. The van der Waals surface area contributed by atoms with Gasteiger partial charge < -0.3 is 10.2 Å². The monoisotopic (exact) mass is 340 g/mol. The first kappa shape index (κ1) is 14.6. The third-order valence-electron chi connectivity index (χ3n) is 2.85. The molecule has 2 heterocycles. The average Bonchev–Trinajstić information content (AvgIpc) is 2.83. The van der Waals surface area contributed by atoms with E-state index in [0.29, 0.717) is 0 Å². The van der Waals surface area contributed by atoms with Gasteiger partial charge in [-0.05, 0) is 53.5 Å². The molecular weight excluding hydrogens is 324 g/mol. The van der Waals surface area contributed by atoms with Crippen molar-refractivity contribution in [3.63, 3.8) is 0 Å². The van der Waals surface area contributed by atoms with Gasteiger partial charge in [0.15, 0.2) is 0 Å². The predicted molar refractivity (Wildman–Crippen MR) is 82.2 cm³/mol. The van der Waals surface area contributed by atoms with Crippen molar-refractivity contribution < 1.29 is 4.42 Å². The summed E-state index contributed by atoms with van der Waals surface area (Å²) in [4.78, 5) is 4.39. The highest BCUT2D eigenvalue weighted by Crippen LogP contribution is 2.38. The van der Waals surface area contributed by atoms with Crippen molar-refractivity contribution in [1.82, 2.24) is 4.98 Å². The molecule has 0 saturated heterocycles. The standard InChI is InChI=1S/C14H17BrN2OS/c1-3-11(16)14(12-6-4-9(2)18-12)19-13-7-5-10(15)8-17-13/h4-8,11,14H,3,16H2,1-2H3. The Bertz CT molecular complexity index is 526. The van der Waals surface area contributed by atoms with E-state index in [0.717, 1.165) is 27.4 Å². The van der Waals surface area contributed by atoms with Gasteiger partial charge in [-0.2, -0.15) is 0 Å². The van der Waals surface area contributed by atoms with Crippen LogP contribution in [0.25, 0.3) is 0 Å². The van der Waals surface area contributed by atoms with Crippen LogP contribution in [0.5, 0.6) is 0 Å². The van der Waals surface area contributed by atoms with E-state index in [1.807, 2.05) is 31.2 Å². The molecule has 2 aromatic rings. The Morgan fingerprint density at radius 2 is 2.16 bits per heavy atom. The van der Waals surface area contributed by atoms with Crippen molar-refractivity contribution in [3.8, 4) is 0 Å². The first-order chi connectivity index (χ1) is 9.10. The largest absolute Gasteiger partial charge is 0.465 e. The molecule has 102 valence electrons. The Morgan fingerprint density at radius 3 is 2.68 bits per heavy atom. The van der Waals surface area contributed by atoms with Gasteiger partial charge >= 0.3 is 0 Å². The van der Waals surface area contributed by atoms with Crippen LogP contribution in [-0.4, -0.2) is 11.0 Å². The first-order valence-corrected chi connectivity index (χ1v) is 7.87. The van der Waals surface area contributed by atoms with Gasteiger partial charge in [-0.15, -0.1) is 0 Å². The van der Waals surface area contributed by atoms with Crippen molar-refractivity contribution in [2.75, 3.05) is 0 Å². The number of rotatable bonds is 5. The maximum atomic E-state index is 6.22. The van der Waals surface area contributed by atoms with E-state index in [2.05, 4.69) is 27.8 Å². The number of nitrogens with zero attached hydrogens (tertiary/aromatic N) is 1. The fourth-order valence-corrected chi connectivity index (χ4v) is 3.10. The molecule has 2 unspecified atom stereocenters. The lowest BCUT2D eigenvalue weighted by Gasteiger charge is -2.20. The van der Waals surface area contributed by atoms with Gasteiger partial charge in [0.05, 0.1) is 10.3 Å². The number of thioether (sulfide) groups is 1. The number of hydrogen-bond donors (Lipinski definition) is 1. The van der Waals surface area contributed by atoms with Gasteiger partial charge in [-0.1, -0.05) is 18.7 Å². The zero-order chi connectivity index (χ0) is 13.8. The smallest absolute Gasteiger partial charge is 0.119 e. The second-order valence-corrected chi connectivity index (χ2v) is 6.45. The molecule has 2 N–H and O–H groups in total. The van der Waals surface area contributed by atoms with E-state index in [1.54, 1.807) is 18.0 Å². The van der Waals surface area contributed by atoms with Gasteiger partial charge in [-0.25, -0.2) is 4.98 Å². The van der Waals surface area contributed by atoms with Crippen molar-refractivity contribution in [3.05, 3.63) is 46.5 Å². The van der Waals surface area contributed by atoms with Gasteiger partial charge in [0.25, 0.3) is 0 Å². The molecule has 0 fully saturated rings. The van der Waals surface area contributed by atoms with Crippen LogP contribution in [-0.2, 0) is 0 Å². The van der Waals surface area contributed by atoms with E-state index in [1.165, 1.54) is 0 Å². The molecule has 0 aliphatic heterocycles. The zero-order valence-corrected chi connectivity index (χ0v) is 13.4. The van der Waals surface area contributed by atoms with Crippen LogP contribution in [0, 0.1) is 6.92 Å². The summed E-state index contributed by atoms with van der Waals surface area (Å²) in [6, 6.07) is 7.99. The molecule has 0 aliphatic carbocycles. The molecule has 0 bridgehead atoms. The van der Waals surface area contributed by atoms with E-state index in [-0.39, 0.29) is 11.3 Å². The molecule has 0 spiro atoms. The van der Waals surface area contributed by atoms with Gasteiger partial charge in [-0.3, -0.25) is 0 Å². The Kier molecular flexibility index (Phi) is 5.07. The van der Waals surface area contributed by atoms with Gasteiger partial charge in [0, 0.05) is 16.7 Å². The summed E-state index contributed by atoms with van der Waals surface area (Å²) < 4.78 is 6.70. The fourth-order valence-electron chi connectivity index (χ4n) is 1.74. The van der Waals surface area contributed by atoms with Crippen molar-refractivity contribution in [1.29, 1.82) is 0 Å². The van der Waals surface area contributed by atoms with E-state index < -0.39 is 0 Å². The summed E-state index contributed by atoms with van der Waals surface area (Å²) in [5, 5.41) is 1.04. The van der Waals surface area contributed by atoms with E-state index >= 15 is 0 Å². The highest BCUT2D eigenvalue weighted by molar-refractivity contribution is 9.10. The number of halogens is 1. The number of pyridine rings is 1. The summed E-state index contributed by atoms with van der Waals surface area (Å²) in [6.45, 7) is 4.03. The lowest BCUT2D eigenvalue weighted by Crippen LogP contribution is -2.25. The maximum Gasteiger partial charge on any atom is 0.119 e. The Morgan fingerprint density at radius 1 is 1.37 bits per heavy atom. The molecule has 2 aromatic heterocycles. The third kappa shape index (κ3) is 3.84. The van der Waals surface area contributed by atoms with Crippen LogP contribution in [0.15, 0.2) is 44.4 Å². The summed E-state index contributed by atoms with van der Waals surface area (Å²) in [6.07, 6.45) is 2.69. The molecular formula is C14H17BrN2OS. The van der Waals surface area contributed by atoms with Crippen LogP contribution in [0.1, 0.15) is 30.1 Å². The Balaban J connectivity index is 2.21. The zero-order valence-electron chi connectivity index (χ0n) is 11.0. The highest BCUT2D eigenvalue weighted by Gasteiger charge is 2.23. The SMILES string of the molecule is CCC(N)C(Sc1ccc(Br)cn1)c1ccc(C)o1. The van der Waals surface area contributed by atoms with E-state index in [4.69, 9.17) is 10.2 Å². The molecule has 5 heteroatoms. The first-order valence-electron chi connectivity index (χ1n) is 6.20. The van der Waals surface area contributed by atoms with Gasteiger partial charge in [0.1, 0.15) is 11.5 Å². The third-order valence-corrected chi connectivity index (χ3v) is 4.64. The van der Waals surface area contributed by atoms with Crippen molar-refractivity contribution in [2.24, 2.45) is 5.73 Å².